The quantitative estimate of drug-likeness (QED) is 0.0490. The molecule has 0 saturated heterocycles. The van der Waals surface area contributed by atoms with Crippen LogP contribution in [0.3, 0.4) is 0 Å². The van der Waals surface area contributed by atoms with E-state index in [1.54, 1.807) is 6.07 Å². The molecule has 10 nitrogen and oxygen atoms in total. The van der Waals surface area contributed by atoms with Gasteiger partial charge in [-0.05, 0) is 103 Å². The molecule has 3 N–H and O–H groups in total. The maximum absolute atomic E-state index is 12.2. The molecule has 304 valence electrons. The summed E-state index contributed by atoms with van der Waals surface area (Å²) in [5.41, 5.74) is 7.81. The molecular formula is C44H57NO9S2. The van der Waals surface area contributed by atoms with E-state index in [1.165, 1.54) is 28.9 Å². The first-order chi connectivity index (χ1) is 26.1. The second-order valence-electron chi connectivity index (χ2n) is 15.8. The van der Waals surface area contributed by atoms with E-state index >= 15 is 0 Å². The van der Waals surface area contributed by atoms with E-state index in [0.717, 1.165) is 40.8 Å². The van der Waals surface area contributed by atoms with Crippen LogP contribution in [0.25, 0.3) is 12.2 Å². The number of benzene rings is 3. The molecule has 1 heterocycles. The highest BCUT2D eigenvalue weighted by Gasteiger charge is 2.43. The van der Waals surface area contributed by atoms with Crippen LogP contribution in [0.15, 0.2) is 83.0 Å². The van der Waals surface area contributed by atoms with E-state index in [4.69, 9.17) is 4.74 Å². The summed E-state index contributed by atoms with van der Waals surface area (Å²) < 4.78 is 72.4. The van der Waals surface area contributed by atoms with Crippen LogP contribution in [0.5, 0.6) is 0 Å². The molecule has 0 fully saturated rings. The molecule has 1 unspecified atom stereocenters. The Balaban J connectivity index is 1.74. The molecule has 0 aliphatic carbocycles. The number of carboxylic acid groups (broad SMARTS) is 1. The molecule has 1 atom stereocenters. The van der Waals surface area contributed by atoms with Crippen LogP contribution in [0.1, 0.15) is 106 Å². The monoisotopic (exact) mass is 807 g/mol. The lowest BCUT2D eigenvalue weighted by molar-refractivity contribution is -0.137. The Morgan fingerprint density at radius 3 is 2.25 bits per heavy atom. The summed E-state index contributed by atoms with van der Waals surface area (Å²) in [6.45, 7) is 17.1. The first-order valence-corrected chi connectivity index (χ1v) is 22.1. The maximum atomic E-state index is 12.2. The standard InChI is InChI=1S/C44H57NO9S2/c1-9-40(54-25-12-26-55(48,49)50)36(43(5,6)37-29-35(56(51,52)53)20-16-32(37)4)21-18-33-17-15-31(3)34(28-33)19-23-41-44(7,8)38-27-30(2)14-22-39(38)45(41)24-11-10-13-42(46)47/h14-23,27-29,41H,9-13,24-26H2,1-8H3,(H,46,47)(H,48,49,50)(H,51,52,53)/b21-18+,23-19+,40-36?. The van der Waals surface area contributed by atoms with Crippen LogP contribution in [0, 0.1) is 20.8 Å². The Morgan fingerprint density at radius 2 is 1.61 bits per heavy atom. The Kier molecular flexibility index (Phi) is 14.2. The molecule has 0 radical (unpaired) electrons. The van der Waals surface area contributed by atoms with Gasteiger partial charge in [-0.2, -0.15) is 16.8 Å². The molecular weight excluding hydrogens is 751 g/mol. The molecule has 12 heteroatoms. The minimum absolute atomic E-state index is 0.0323. The highest BCUT2D eigenvalue weighted by atomic mass is 32.2. The summed E-state index contributed by atoms with van der Waals surface area (Å²) in [5, 5.41) is 9.21. The smallest absolute Gasteiger partial charge is 0.303 e. The molecule has 0 amide bonds. The average molecular weight is 808 g/mol. The zero-order valence-electron chi connectivity index (χ0n) is 33.8. The highest BCUT2D eigenvalue weighted by molar-refractivity contribution is 7.86. The summed E-state index contributed by atoms with van der Waals surface area (Å²) >= 11 is 0. The second-order valence-corrected chi connectivity index (χ2v) is 18.8. The fraction of sp³-hybridized carbons (Fsp3) is 0.432. The van der Waals surface area contributed by atoms with Gasteiger partial charge in [0.05, 0.1) is 29.1 Å². The number of carbonyl (C=O) groups is 1. The molecule has 1 aliphatic rings. The van der Waals surface area contributed by atoms with Crippen LogP contribution in [-0.4, -0.2) is 62.0 Å². The number of anilines is 1. The number of allylic oxidation sites excluding steroid dienone is 3. The van der Waals surface area contributed by atoms with E-state index in [0.29, 0.717) is 24.2 Å². The van der Waals surface area contributed by atoms with Crippen molar-refractivity contribution < 1.29 is 40.6 Å². The molecule has 3 aromatic carbocycles. The van der Waals surface area contributed by atoms with Crippen molar-refractivity contribution in [1.29, 1.82) is 0 Å². The van der Waals surface area contributed by atoms with E-state index in [9.17, 15) is 35.8 Å². The summed E-state index contributed by atoms with van der Waals surface area (Å²) in [7, 11) is -8.64. The number of aryl methyl sites for hydroxylation is 3. The van der Waals surface area contributed by atoms with Gasteiger partial charge in [0.2, 0.25) is 0 Å². The van der Waals surface area contributed by atoms with Gasteiger partial charge in [-0.1, -0.05) is 94.8 Å². The number of rotatable bonds is 18. The van der Waals surface area contributed by atoms with Crippen LogP contribution in [0.4, 0.5) is 5.69 Å². The van der Waals surface area contributed by atoms with Crippen molar-refractivity contribution in [3.05, 3.63) is 117 Å². The summed E-state index contributed by atoms with van der Waals surface area (Å²) in [6, 6.07) is 17.2. The third kappa shape index (κ3) is 11.0. The third-order valence-electron chi connectivity index (χ3n) is 10.8. The molecule has 0 saturated carbocycles. The van der Waals surface area contributed by atoms with E-state index < -0.39 is 37.4 Å². The van der Waals surface area contributed by atoms with Gasteiger partial charge in [0.1, 0.15) is 0 Å². The van der Waals surface area contributed by atoms with Gasteiger partial charge in [-0.3, -0.25) is 13.9 Å². The van der Waals surface area contributed by atoms with E-state index in [1.807, 2.05) is 45.9 Å². The van der Waals surface area contributed by atoms with Gasteiger partial charge in [0.25, 0.3) is 20.2 Å². The first-order valence-electron chi connectivity index (χ1n) is 19.0. The van der Waals surface area contributed by atoms with Crippen molar-refractivity contribution in [2.75, 3.05) is 23.8 Å². The molecule has 1 aliphatic heterocycles. The van der Waals surface area contributed by atoms with Gasteiger partial charge < -0.3 is 14.7 Å². The lowest BCUT2D eigenvalue weighted by Gasteiger charge is -2.32. The second kappa shape index (κ2) is 17.9. The lowest BCUT2D eigenvalue weighted by atomic mass is 9.74. The van der Waals surface area contributed by atoms with Crippen molar-refractivity contribution >= 4 is 44.0 Å². The number of hydrogen-bond acceptors (Lipinski definition) is 7. The van der Waals surface area contributed by atoms with Crippen LogP contribution in [0.2, 0.25) is 0 Å². The summed E-state index contributed by atoms with van der Waals surface area (Å²) in [5.74, 6) is -0.655. The van der Waals surface area contributed by atoms with Crippen molar-refractivity contribution in [2.45, 2.75) is 109 Å². The van der Waals surface area contributed by atoms with Crippen molar-refractivity contribution in [3.63, 3.8) is 0 Å². The van der Waals surface area contributed by atoms with Gasteiger partial charge >= 0.3 is 5.97 Å². The van der Waals surface area contributed by atoms with E-state index in [2.05, 4.69) is 75.1 Å². The molecule has 56 heavy (non-hydrogen) atoms. The molecule has 4 rings (SSSR count). The van der Waals surface area contributed by atoms with Gasteiger partial charge in [0, 0.05) is 35.9 Å². The largest absolute Gasteiger partial charge is 0.498 e. The van der Waals surface area contributed by atoms with Crippen molar-refractivity contribution in [1.82, 2.24) is 0 Å². The number of aliphatic carboxylic acids is 1. The van der Waals surface area contributed by atoms with Crippen LogP contribution < -0.4 is 4.90 Å². The van der Waals surface area contributed by atoms with Crippen molar-refractivity contribution in [2.24, 2.45) is 0 Å². The number of unbranched alkanes of at least 4 members (excludes halogenated alkanes) is 1. The number of fused-ring (bicyclic) bond motifs is 1. The molecule has 0 bridgehead atoms. The minimum atomic E-state index is -4.48. The fourth-order valence-corrected chi connectivity index (χ4v) is 8.62. The maximum Gasteiger partial charge on any atom is 0.303 e. The topological polar surface area (TPSA) is 159 Å². The van der Waals surface area contributed by atoms with Gasteiger partial charge in [0.15, 0.2) is 0 Å². The number of hydrogen-bond donors (Lipinski definition) is 3. The zero-order valence-corrected chi connectivity index (χ0v) is 35.4. The SMILES string of the molecule is CCC(OCCCS(=O)(=O)O)=C(/C=C/c1ccc(C)c(/C=C/C2N(CCCCC(=O)O)c3ccc(C)cc3C2(C)C)c1)C(C)(C)c1cc(S(=O)(=O)O)ccc1C. The summed E-state index contributed by atoms with van der Waals surface area (Å²) in [4.78, 5) is 13.4. The van der Waals surface area contributed by atoms with Crippen LogP contribution in [-0.2, 0) is 40.6 Å². The fourth-order valence-electron chi connectivity index (χ4n) is 7.63. The third-order valence-corrected chi connectivity index (χ3v) is 12.4. The Bertz CT molecular complexity index is 2230. The predicted octanol–water partition coefficient (Wildman–Crippen LogP) is 9.24. The Morgan fingerprint density at radius 1 is 0.911 bits per heavy atom. The Labute approximate surface area is 333 Å². The van der Waals surface area contributed by atoms with Gasteiger partial charge in [-0.25, -0.2) is 0 Å². The molecule has 0 aromatic heterocycles. The first kappa shape index (κ1) is 44.5. The molecule has 0 spiro atoms. The number of nitrogens with zero attached hydrogens (tertiary/aromatic N) is 1. The van der Waals surface area contributed by atoms with Crippen LogP contribution >= 0.6 is 0 Å². The number of ether oxygens (including phenoxy) is 1. The Hall–Kier alpha value is -4.23. The lowest BCUT2D eigenvalue weighted by Crippen LogP contribution is -2.40. The molecule has 3 aromatic rings. The average Bonchev–Trinajstić information content (AvgIpc) is 3.30. The minimum Gasteiger partial charge on any atom is -0.498 e. The highest BCUT2D eigenvalue weighted by Crippen LogP contribution is 2.46. The van der Waals surface area contributed by atoms with Gasteiger partial charge in [-0.15, -0.1) is 0 Å². The van der Waals surface area contributed by atoms with E-state index in [-0.39, 0.29) is 35.8 Å². The predicted molar refractivity (Wildman–Crippen MR) is 224 cm³/mol. The number of carboxylic acids is 1. The normalized spacial score (nSPS) is 16.4. The summed E-state index contributed by atoms with van der Waals surface area (Å²) in [6.07, 6.45) is 10.3. The zero-order chi connectivity index (χ0) is 41.6. The van der Waals surface area contributed by atoms with Crippen molar-refractivity contribution in [3.8, 4) is 0 Å².